The number of hydrogen-bond donors (Lipinski definition) is 2. The van der Waals surface area contributed by atoms with Crippen molar-refractivity contribution in [1.29, 1.82) is 0 Å². The van der Waals surface area contributed by atoms with Gasteiger partial charge in [-0.25, -0.2) is 13.1 Å². The van der Waals surface area contributed by atoms with Gasteiger partial charge in [-0.1, -0.05) is 6.92 Å². The first-order valence-corrected chi connectivity index (χ1v) is 6.09. The van der Waals surface area contributed by atoms with Crippen molar-refractivity contribution in [2.45, 2.75) is 24.3 Å². The summed E-state index contributed by atoms with van der Waals surface area (Å²) < 4.78 is 27.2. The van der Waals surface area contributed by atoms with Gasteiger partial charge >= 0.3 is 0 Å². The highest BCUT2D eigenvalue weighted by molar-refractivity contribution is 7.89. The Hall–Kier alpha value is -0.920. The third-order valence-electron chi connectivity index (χ3n) is 2.03. The number of aromatic nitrogens is 2. The first kappa shape index (κ1) is 12.2. The second-order valence-corrected chi connectivity index (χ2v) is 4.97. The molecule has 0 aliphatic carbocycles. The Morgan fingerprint density at radius 2 is 2.33 bits per heavy atom. The first-order chi connectivity index (χ1) is 6.99. The maximum absolute atomic E-state index is 11.7. The van der Waals surface area contributed by atoms with Crippen LogP contribution in [0.4, 0.5) is 0 Å². The highest BCUT2D eigenvalue weighted by Crippen LogP contribution is 2.07. The molecule has 0 saturated heterocycles. The maximum Gasteiger partial charge on any atom is 0.244 e. The van der Waals surface area contributed by atoms with Crippen LogP contribution in [-0.4, -0.2) is 36.0 Å². The van der Waals surface area contributed by atoms with E-state index >= 15 is 0 Å². The molecule has 1 aromatic rings. The van der Waals surface area contributed by atoms with Crippen molar-refractivity contribution in [3.63, 3.8) is 0 Å². The monoisotopic (exact) mass is 233 g/mol. The minimum Gasteiger partial charge on any atom is -0.395 e. The summed E-state index contributed by atoms with van der Waals surface area (Å²) in [4.78, 5) is 0.108. The molecule has 0 radical (unpaired) electrons. The van der Waals surface area contributed by atoms with E-state index in [-0.39, 0.29) is 11.5 Å². The Morgan fingerprint density at radius 3 is 2.73 bits per heavy atom. The smallest absolute Gasteiger partial charge is 0.244 e. The standard InChI is InChI=1S/C8H15N3O3S/c1-3-7(6-12)10-15(13,14)8-4-9-11(2)5-8/h4-5,7,10,12H,3,6H2,1-2H3/t7-/m0/s1. The van der Waals surface area contributed by atoms with Gasteiger partial charge in [0.1, 0.15) is 4.90 Å². The number of sulfonamides is 1. The Kier molecular flexibility index (Phi) is 3.83. The summed E-state index contributed by atoms with van der Waals surface area (Å²) >= 11 is 0. The predicted octanol–water partition coefficient (Wildman–Crippen LogP) is -0.531. The molecular weight excluding hydrogens is 218 g/mol. The molecule has 1 aromatic heterocycles. The molecule has 2 N–H and O–H groups in total. The van der Waals surface area contributed by atoms with Gasteiger partial charge in [0.2, 0.25) is 10.0 Å². The Bertz CT molecular complexity index is 409. The summed E-state index contributed by atoms with van der Waals surface area (Å²) in [6.45, 7) is 1.59. The number of aliphatic hydroxyl groups is 1. The van der Waals surface area contributed by atoms with Crippen LogP contribution in [0.2, 0.25) is 0 Å². The van der Waals surface area contributed by atoms with E-state index in [4.69, 9.17) is 5.11 Å². The summed E-state index contributed by atoms with van der Waals surface area (Å²) in [5.74, 6) is 0. The van der Waals surface area contributed by atoms with Crippen molar-refractivity contribution in [3.05, 3.63) is 12.4 Å². The zero-order valence-corrected chi connectivity index (χ0v) is 9.53. The van der Waals surface area contributed by atoms with E-state index in [9.17, 15) is 8.42 Å². The molecule has 0 spiro atoms. The Morgan fingerprint density at radius 1 is 1.67 bits per heavy atom. The number of aryl methyl sites for hydroxylation is 1. The normalized spacial score (nSPS) is 14.1. The summed E-state index contributed by atoms with van der Waals surface area (Å²) in [6, 6.07) is -0.449. The van der Waals surface area contributed by atoms with Crippen LogP contribution in [0.3, 0.4) is 0 Å². The Labute approximate surface area is 89.0 Å². The van der Waals surface area contributed by atoms with E-state index in [2.05, 4.69) is 9.82 Å². The van der Waals surface area contributed by atoms with Crippen LogP contribution in [0.1, 0.15) is 13.3 Å². The topological polar surface area (TPSA) is 84.2 Å². The van der Waals surface area contributed by atoms with Gasteiger partial charge in [-0.3, -0.25) is 4.68 Å². The molecule has 6 nitrogen and oxygen atoms in total. The van der Waals surface area contributed by atoms with Gasteiger partial charge in [0.25, 0.3) is 0 Å². The van der Waals surface area contributed by atoms with E-state index in [0.717, 1.165) is 0 Å². The number of hydrogen-bond acceptors (Lipinski definition) is 4. The second kappa shape index (κ2) is 4.73. The molecule has 0 bridgehead atoms. The molecule has 1 rings (SSSR count). The fourth-order valence-corrected chi connectivity index (χ4v) is 2.37. The minimum absolute atomic E-state index is 0.108. The van der Waals surface area contributed by atoms with E-state index in [0.29, 0.717) is 6.42 Å². The van der Waals surface area contributed by atoms with Crippen LogP contribution in [0.5, 0.6) is 0 Å². The fraction of sp³-hybridized carbons (Fsp3) is 0.625. The molecule has 0 fully saturated rings. The third kappa shape index (κ3) is 3.01. The van der Waals surface area contributed by atoms with E-state index in [1.165, 1.54) is 17.1 Å². The van der Waals surface area contributed by atoms with E-state index in [1.807, 2.05) is 0 Å². The molecule has 1 heterocycles. The number of nitrogens with zero attached hydrogens (tertiary/aromatic N) is 2. The zero-order valence-electron chi connectivity index (χ0n) is 8.71. The van der Waals surface area contributed by atoms with Crippen LogP contribution < -0.4 is 4.72 Å². The SMILES string of the molecule is CC[C@@H](CO)NS(=O)(=O)c1cnn(C)c1. The fourth-order valence-electron chi connectivity index (χ4n) is 1.07. The van der Waals surface area contributed by atoms with E-state index < -0.39 is 16.1 Å². The van der Waals surface area contributed by atoms with Crippen LogP contribution >= 0.6 is 0 Å². The van der Waals surface area contributed by atoms with Crippen LogP contribution in [0.25, 0.3) is 0 Å². The summed E-state index contributed by atoms with van der Waals surface area (Å²) in [7, 11) is -1.91. The van der Waals surface area contributed by atoms with Gasteiger partial charge in [-0.05, 0) is 6.42 Å². The van der Waals surface area contributed by atoms with Crippen molar-refractivity contribution in [2.75, 3.05) is 6.61 Å². The van der Waals surface area contributed by atoms with Crippen molar-refractivity contribution < 1.29 is 13.5 Å². The van der Waals surface area contributed by atoms with Crippen molar-refractivity contribution in [2.24, 2.45) is 7.05 Å². The lowest BCUT2D eigenvalue weighted by Crippen LogP contribution is -2.36. The van der Waals surface area contributed by atoms with E-state index in [1.54, 1.807) is 14.0 Å². The van der Waals surface area contributed by atoms with Gasteiger partial charge in [0.05, 0.1) is 12.8 Å². The first-order valence-electron chi connectivity index (χ1n) is 4.61. The van der Waals surface area contributed by atoms with Gasteiger partial charge in [0.15, 0.2) is 0 Å². The number of rotatable bonds is 5. The molecule has 0 unspecified atom stereocenters. The van der Waals surface area contributed by atoms with Crippen molar-refractivity contribution in [3.8, 4) is 0 Å². The summed E-state index contributed by atoms with van der Waals surface area (Å²) in [5.41, 5.74) is 0. The van der Waals surface area contributed by atoms with Gasteiger partial charge in [-0.15, -0.1) is 0 Å². The number of aliphatic hydroxyl groups excluding tert-OH is 1. The molecule has 15 heavy (non-hydrogen) atoms. The maximum atomic E-state index is 11.7. The molecule has 7 heteroatoms. The highest BCUT2D eigenvalue weighted by Gasteiger charge is 2.19. The quantitative estimate of drug-likeness (QED) is 0.716. The van der Waals surface area contributed by atoms with Gasteiger partial charge in [0, 0.05) is 19.3 Å². The summed E-state index contributed by atoms with van der Waals surface area (Å²) in [5, 5.41) is 12.7. The average molecular weight is 233 g/mol. The molecular formula is C8H15N3O3S. The average Bonchev–Trinajstić information content (AvgIpc) is 2.62. The lowest BCUT2D eigenvalue weighted by Gasteiger charge is -2.12. The predicted molar refractivity (Wildman–Crippen MR) is 54.7 cm³/mol. The molecule has 0 saturated carbocycles. The molecule has 0 amide bonds. The minimum atomic E-state index is -3.56. The Balaban J connectivity index is 2.84. The number of nitrogens with one attached hydrogen (secondary N) is 1. The molecule has 86 valence electrons. The van der Waals surface area contributed by atoms with Crippen molar-refractivity contribution >= 4 is 10.0 Å². The highest BCUT2D eigenvalue weighted by atomic mass is 32.2. The van der Waals surface area contributed by atoms with Crippen molar-refractivity contribution in [1.82, 2.24) is 14.5 Å². The second-order valence-electron chi connectivity index (χ2n) is 3.26. The lowest BCUT2D eigenvalue weighted by molar-refractivity contribution is 0.254. The summed E-state index contributed by atoms with van der Waals surface area (Å²) in [6.07, 6.45) is 3.22. The largest absolute Gasteiger partial charge is 0.395 e. The third-order valence-corrected chi connectivity index (χ3v) is 3.50. The van der Waals surface area contributed by atoms with Crippen LogP contribution in [0, 0.1) is 0 Å². The molecule has 0 aliphatic rings. The molecule has 1 atom stereocenters. The van der Waals surface area contributed by atoms with Gasteiger partial charge in [-0.2, -0.15) is 5.10 Å². The van der Waals surface area contributed by atoms with Gasteiger partial charge < -0.3 is 5.11 Å². The van der Waals surface area contributed by atoms with Crippen LogP contribution in [0.15, 0.2) is 17.3 Å². The molecule has 0 aliphatic heterocycles. The molecule has 0 aromatic carbocycles. The zero-order chi connectivity index (χ0) is 11.5. The van der Waals surface area contributed by atoms with Crippen LogP contribution in [-0.2, 0) is 17.1 Å². The lowest BCUT2D eigenvalue weighted by atomic mass is 10.3.